The highest BCUT2D eigenvalue weighted by Crippen LogP contribution is 2.69. The van der Waals surface area contributed by atoms with Crippen molar-refractivity contribution in [2.45, 2.75) is 56.2 Å². The highest BCUT2D eigenvalue weighted by molar-refractivity contribution is 8.03. The van der Waals surface area contributed by atoms with Gasteiger partial charge in [0, 0.05) is 21.6 Å². The van der Waals surface area contributed by atoms with Crippen LogP contribution in [0.2, 0.25) is 0 Å². The number of aliphatic hydroxyl groups excluding tert-OH is 1. The van der Waals surface area contributed by atoms with E-state index in [-0.39, 0.29) is 23.0 Å². The number of allylic oxidation sites excluding steroid dienone is 6. The first kappa shape index (κ1) is 19.3. The van der Waals surface area contributed by atoms with Gasteiger partial charge in [0.2, 0.25) is 0 Å². The number of carbonyl (C=O) groups is 1. The normalized spacial score (nSPS) is 43.2. The lowest BCUT2D eigenvalue weighted by Crippen LogP contribution is -2.66. The number of rotatable bonds is 2. The molecule has 4 aliphatic carbocycles. The van der Waals surface area contributed by atoms with E-state index in [1.807, 2.05) is 25.1 Å². The largest absolute Gasteiger partial charge is 0.390 e. The summed E-state index contributed by atoms with van der Waals surface area (Å²) >= 11 is 1.76. The molecule has 0 spiro atoms. The Balaban J connectivity index is 1.51. The second kappa shape index (κ2) is 6.42. The van der Waals surface area contributed by atoms with Crippen LogP contribution in [0, 0.1) is 22.7 Å². The van der Waals surface area contributed by atoms with Gasteiger partial charge < -0.3 is 5.11 Å². The number of carbonyl (C=O) groups excluding carboxylic acids is 1. The molecule has 0 saturated heterocycles. The van der Waals surface area contributed by atoms with Gasteiger partial charge >= 0.3 is 0 Å². The number of thioether (sulfide) groups is 1. The number of alkyl halides is 1. The first-order valence-corrected chi connectivity index (χ1v) is 11.4. The molecule has 1 aromatic carbocycles. The topological polar surface area (TPSA) is 37.3 Å². The molecule has 1 aromatic rings. The molecule has 2 fully saturated rings. The maximum absolute atomic E-state index is 16.9. The summed E-state index contributed by atoms with van der Waals surface area (Å²) in [6.07, 6.45) is 8.71. The van der Waals surface area contributed by atoms with Crippen LogP contribution in [0.3, 0.4) is 0 Å². The van der Waals surface area contributed by atoms with Crippen molar-refractivity contribution in [3.05, 3.63) is 65.1 Å². The maximum Gasteiger partial charge on any atom is 0.178 e. The van der Waals surface area contributed by atoms with E-state index in [2.05, 4.69) is 25.1 Å². The predicted octanol–water partition coefficient (Wildman–Crippen LogP) is 5.64. The number of hydrogen-bond acceptors (Lipinski definition) is 3. The Morgan fingerprint density at radius 1 is 1.17 bits per heavy atom. The zero-order valence-electron chi connectivity index (χ0n) is 16.9. The van der Waals surface area contributed by atoms with Gasteiger partial charge in [0.25, 0.3) is 0 Å². The summed E-state index contributed by atoms with van der Waals surface area (Å²) in [4.78, 5) is 14.3. The maximum atomic E-state index is 16.9. The van der Waals surface area contributed by atoms with Crippen LogP contribution in [-0.4, -0.2) is 22.7 Å². The van der Waals surface area contributed by atoms with Crippen molar-refractivity contribution in [2.24, 2.45) is 22.7 Å². The third kappa shape index (κ3) is 2.55. The van der Waals surface area contributed by atoms with E-state index in [0.717, 1.165) is 18.4 Å². The minimum atomic E-state index is -1.74. The van der Waals surface area contributed by atoms with E-state index in [1.165, 1.54) is 15.9 Å². The Kier molecular flexibility index (Phi) is 4.28. The first-order valence-electron chi connectivity index (χ1n) is 10.5. The second-order valence-electron chi connectivity index (χ2n) is 9.48. The minimum Gasteiger partial charge on any atom is -0.390 e. The summed E-state index contributed by atoms with van der Waals surface area (Å²) in [6.45, 7) is 4.09. The Labute approximate surface area is 176 Å². The summed E-state index contributed by atoms with van der Waals surface area (Å²) in [5.74, 6) is -0.119. The van der Waals surface area contributed by atoms with Gasteiger partial charge in [-0.2, -0.15) is 0 Å². The average molecular weight is 411 g/mol. The first-order chi connectivity index (χ1) is 13.8. The SMILES string of the molecule is C[C@]12C=CC(=O)C=C1CC[C@H]1[C@@H]3CC=C(Sc4ccccc4)[C@@]3(C)C[C@H](O)[C@@]12F. The Morgan fingerprint density at radius 3 is 2.69 bits per heavy atom. The van der Waals surface area contributed by atoms with Crippen LogP contribution in [0.5, 0.6) is 0 Å². The molecule has 0 aromatic heterocycles. The molecule has 29 heavy (non-hydrogen) atoms. The smallest absolute Gasteiger partial charge is 0.178 e. The van der Waals surface area contributed by atoms with Gasteiger partial charge in [-0.25, -0.2) is 4.39 Å². The van der Waals surface area contributed by atoms with Crippen LogP contribution in [0.15, 0.2) is 70.0 Å². The van der Waals surface area contributed by atoms with Crippen LogP contribution in [0.4, 0.5) is 4.39 Å². The fourth-order valence-electron chi connectivity index (χ4n) is 6.52. The number of ketones is 1. The number of fused-ring (bicyclic) bond motifs is 5. The van der Waals surface area contributed by atoms with Gasteiger partial charge in [0.1, 0.15) is 0 Å². The van der Waals surface area contributed by atoms with Gasteiger partial charge in [-0.05, 0) is 67.7 Å². The number of benzene rings is 1. The van der Waals surface area contributed by atoms with E-state index < -0.39 is 17.2 Å². The number of halogens is 1. The summed E-state index contributed by atoms with van der Waals surface area (Å²) < 4.78 is 16.9. The van der Waals surface area contributed by atoms with Gasteiger partial charge in [-0.3, -0.25) is 4.79 Å². The molecule has 0 bridgehead atoms. The molecular formula is C25H27FO2S. The van der Waals surface area contributed by atoms with E-state index in [4.69, 9.17) is 0 Å². The second-order valence-corrected chi connectivity index (χ2v) is 10.6. The standard InChI is InChI=1S/C25H27FO2S/c1-23-15-21(28)25(26)20(9-8-16-14-17(27)12-13-24(16,25)2)19(23)10-11-22(23)29-18-6-4-3-5-7-18/h3-7,11-14,19-21,28H,8-10,15H2,1-2H3/t19-,20-,21-,23-,24-,25-/m0/s1. The van der Waals surface area contributed by atoms with Gasteiger partial charge in [0.15, 0.2) is 11.5 Å². The third-order valence-electron chi connectivity index (χ3n) is 8.12. The lowest BCUT2D eigenvalue weighted by Gasteiger charge is -2.61. The van der Waals surface area contributed by atoms with Gasteiger partial charge in [0.05, 0.1) is 6.10 Å². The lowest BCUT2D eigenvalue weighted by molar-refractivity contribution is -0.184. The third-order valence-corrected chi connectivity index (χ3v) is 9.48. The van der Waals surface area contributed by atoms with Crippen molar-refractivity contribution in [1.82, 2.24) is 0 Å². The van der Waals surface area contributed by atoms with Crippen LogP contribution in [-0.2, 0) is 4.79 Å². The zero-order chi connectivity index (χ0) is 20.4. The molecule has 2 saturated carbocycles. The molecule has 5 rings (SSSR count). The molecule has 0 amide bonds. The van der Waals surface area contributed by atoms with Crippen molar-refractivity contribution in [3.63, 3.8) is 0 Å². The van der Waals surface area contributed by atoms with Crippen LogP contribution < -0.4 is 0 Å². The summed E-state index contributed by atoms with van der Waals surface area (Å²) in [5, 5.41) is 11.3. The van der Waals surface area contributed by atoms with Crippen LogP contribution in [0.1, 0.15) is 39.5 Å². The minimum absolute atomic E-state index is 0.0706. The summed E-state index contributed by atoms with van der Waals surface area (Å²) in [7, 11) is 0. The van der Waals surface area contributed by atoms with Crippen molar-refractivity contribution in [1.29, 1.82) is 0 Å². The summed E-state index contributed by atoms with van der Waals surface area (Å²) in [6, 6.07) is 10.3. The monoisotopic (exact) mass is 410 g/mol. The Morgan fingerprint density at radius 2 is 1.93 bits per heavy atom. The fraction of sp³-hybridized carbons (Fsp3) is 0.480. The molecule has 152 valence electrons. The fourth-order valence-corrected chi connectivity index (χ4v) is 7.71. The quantitative estimate of drug-likeness (QED) is 0.685. The number of hydrogen-bond donors (Lipinski definition) is 1. The van der Waals surface area contributed by atoms with Crippen molar-refractivity contribution >= 4 is 17.5 Å². The van der Waals surface area contributed by atoms with Gasteiger partial charge in [-0.1, -0.05) is 54.6 Å². The molecule has 0 heterocycles. The van der Waals surface area contributed by atoms with Crippen molar-refractivity contribution < 1.29 is 14.3 Å². The van der Waals surface area contributed by atoms with Crippen LogP contribution in [0.25, 0.3) is 0 Å². The van der Waals surface area contributed by atoms with Crippen molar-refractivity contribution in [2.75, 3.05) is 0 Å². The molecule has 1 N–H and O–H groups in total. The summed E-state index contributed by atoms with van der Waals surface area (Å²) in [5.41, 5.74) is -2.01. The van der Waals surface area contributed by atoms with Crippen LogP contribution >= 0.6 is 11.8 Å². The van der Waals surface area contributed by atoms with E-state index in [0.29, 0.717) is 12.8 Å². The molecule has 0 aliphatic heterocycles. The molecule has 4 heteroatoms. The Bertz CT molecular complexity index is 951. The molecule has 4 aliphatic rings. The van der Waals surface area contributed by atoms with Crippen molar-refractivity contribution in [3.8, 4) is 0 Å². The Hall–Kier alpha value is -1.65. The molecule has 2 nitrogen and oxygen atoms in total. The van der Waals surface area contributed by atoms with E-state index in [1.54, 1.807) is 23.9 Å². The van der Waals surface area contributed by atoms with E-state index in [9.17, 15) is 9.90 Å². The van der Waals surface area contributed by atoms with E-state index >= 15 is 4.39 Å². The molecule has 0 radical (unpaired) electrons. The highest BCUT2D eigenvalue weighted by atomic mass is 32.2. The molecule has 0 unspecified atom stereocenters. The average Bonchev–Trinajstić information content (AvgIpc) is 3.00. The molecular weight excluding hydrogens is 383 g/mol. The lowest BCUT2D eigenvalue weighted by atomic mass is 9.46. The predicted molar refractivity (Wildman–Crippen MR) is 114 cm³/mol. The zero-order valence-corrected chi connectivity index (χ0v) is 17.7. The molecule has 6 atom stereocenters. The van der Waals surface area contributed by atoms with Gasteiger partial charge in [-0.15, -0.1) is 0 Å². The number of aliphatic hydroxyl groups is 1. The highest BCUT2D eigenvalue weighted by Gasteiger charge is 2.69.